The van der Waals surface area contributed by atoms with Crippen LogP contribution in [0.3, 0.4) is 0 Å². The van der Waals surface area contributed by atoms with Crippen molar-refractivity contribution < 1.29 is 23.8 Å². The summed E-state index contributed by atoms with van der Waals surface area (Å²) >= 11 is 6.19. The molecule has 0 bridgehead atoms. The molecule has 0 aromatic heterocycles. The van der Waals surface area contributed by atoms with Crippen molar-refractivity contribution in [1.29, 1.82) is 5.26 Å². The number of halogens is 1. The summed E-state index contributed by atoms with van der Waals surface area (Å²) in [4.78, 5) is 27.8. The molecule has 1 aliphatic carbocycles. The molecule has 1 aliphatic heterocycles. The molecule has 2 aliphatic rings. The molecule has 186 valence electrons. The Kier molecular flexibility index (Phi) is 7.81. The van der Waals surface area contributed by atoms with Crippen molar-refractivity contribution in [2.75, 3.05) is 26.3 Å². The highest BCUT2D eigenvalue weighted by Gasteiger charge is 2.66. The lowest BCUT2D eigenvalue weighted by Gasteiger charge is -2.67. The van der Waals surface area contributed by atoms with Crippen molar-refractivity contribution in [3.63, 3.8) is 0 Å². The first-order valence-corrected chi connectivity index (χ1v) is 11.9. The van der Waals surface area contributed by atoms with Gasteiger partial charge in [-0.25, -0.2) is 4.79 Å². The second-order valence-corrected chi connectivity index (χ2v) is 10.6. The standard InChI is InChI=1S/C25H34ClN3O5/c1-7-32-21(31)14-33-19-12-28(13-19)16(2)29(15-30)22-24(3,4)23(25(22,5)6)34-18-9-8-17(11-27)20(26)10-18/h8-10,15-16,19,22-23H,7,12-14H2,1-6H3. The van der Waals surface area contributed by atoms with Gasteiger partial charge in [-0.3, -0.25) is 9.69 Å². The number of nitrogens with zero attached hydrogens (tertiary/aromatic N) is 3. The molecular formula is C25H34ClN3O5. The number of likely N-dealkylation sites (tertiary alicyclic amines) is 1. The first kappa shape index (κ1) is 26.3. The fourth-order valence-corrected chi connectivity index (χ4v) is 6.01. The summed E-state index contributed by atoms with van der Waals surface area (Å²) < 4.78 is 16.8. The second kappa shape index (κ2) is 10.1. The van der Waals surface area contributed by atoms with Crippen molar-refractivity contribution in [2.24, 2.45) is 10.8 Å². The van der Waals surface area contributed by atoms with Gasteiger partial charge in [0.15, 0.2) is 0 Å². The summed E-state index contributed by atoms with van der Waals surface area (Å²) in [5.74, 6) is 0.236. The largest absolute Gasteiger partial charge is 0.489 e. The molecule has 0 spiro atoms. The van der Waals surface area contributed by atoms with E-state index in [4.69, 9.17) is 31.1 Å². The molecule has 1 atom stereocenters. The molecule has 1 saturated heterocycles. The maximum absolute atomic E-state index is 12.3. The molecule has 34 heavy (non-hydrogen) atoms. The van der Waals surface area contributed by atoms with Gasteiger partial charge in [-0.2, -0.15) is 5.26 Å². The topological polar surface area (TPSA) is 92.1 Å². The number of hydrogen-bond acceptors (Lipinski definition) is 7. The fourth-order valence-electron chi connectivity index (χ4n) is 5.80. The Morgan fingerprint density at radius 1 is 1.32 bits per heavy atom. The van der Waals surface area contributed by atoms with Crippen LogP contribution >= 0.6 is 11.6 Å². The smallest absolute Gasteiger partial charge is 0.332 e. The number of nitriles is 1. The maximum Gasteiger partial charge on any atom is 0.332 e. The minimum absolute atomic E-state index is 0.0556. The van der Waals surface area contributed by atoms with Crippen molar-refractivity contribution in [1.82, 2.24) is 9.80 Å². The number of carbonyl (C=O) groups excluding carboxylic acids is 2. The molecular weight excluding hydrogens is 458 g/mol. The predicted molar refractivity (Wildman–Crippen MR) is 127 cm³/mol. The quantitative estimate of drug-likeness (QED) is 0.365. The lowest BCUT2D eigenvalue weighted by atomic mass is 9.48. The summed E-state index contributed by atoms with van der Waals surface area (Å²) in [6, 6.07) is 7.05. The van der Waals surface area contributed by atoms with Gasteiger partial charge in [0.1, 0.15) is 24.5 Å². The van der Waals surface area contributed by atoms with E-state index in [-0.39, 0.29) is 47.8 Å². The zero-order valence-corrected chi connectivity index (χ0v) is 21.5. The van der Waals surface area contributed by atoms with Crippen LogP contribution in [0.2, 0.25) is 5.02 Å². The summed E-state index contributed by atoms with van der Waals surface area (Å²) in [5, 5.41) is 9.46. The molecule has 1 saturated carbocycles. The zero-order chi connectivity index (χ0) is 25.3. The number of benzene rings is 1. The van der Waals surface area contributed by atoms with Crippen LogP contribution < -0.4 is 4.74 Å². The zero-order valence-electron chi connectivity index (χ0n) is 20.7. The number of carbonyl (C=O) groups is 2. The molecule has 1 unspecified atom stereocenters. The van der Waals surface area contributed by atoms with Gasteiger partial charge in [0, 0.05) is 30.0 Å². The molecule has 1 aromatic rings. The van der Waals surface area contributed by atoms with E-state index in [2.05, 4.69) is 38.7 Å². The molecule has 0 N–H and O–H groups in total. The Balaban J connectivity index is 1.64. The number of ether oxygens (including phenoxy) is 3. The normalized spacial score (nSPS) is 24.2. The van der Waals surface area contributed by atoms with E-state index in [1.54, 1.807) is 25.1 Å². The summed E-state index contributed by atoms with van der Waals surface area (Å²) in [5.41, 5.74) is -0.257. The lowest BCUT2D eigenvalue weighted by Crippen LogP contribution is -2.77. The van der Waals surface area contributed by atoms with Gasteiger partial charge in [-0.1, -0.05) is 39.3 Å². The molecule has 8 nitrogen and oxygen atoms in total. The van der Waals surface area contributed by atoms with E-state index in [1.807, 2.05) is 11.8 Å². The van der Waals surface area contributed by atoms with Crippen LogP contribution in [0, 0.1) is 22.2 Å². The van der Waals surface area contributed by atoms with Gasteiger partial charge in [-0.15, -0.1) is 0 Å². The average Bonchev–Trinajstić information content (AvgIpc) is 2.74. The lowest BCUT2D eigenvalue weighted by molar-refractivity contribution is -0.227. The van der Waals surface area contributed by atoms with Gasteiger partial charge in [0.05, 0.1) is 35.5 Å². The third-order valence-electron chi connectivity index (χ3n) is 7.07. The van der Waals surface area contributed by atoms with E-state index in [1.165, 1.54) is 0 Å². The van der Waals surface area contributed by atoms with E-state index >= 15 is 0 Å². The SMILES string of the molecule is CCOC(=O)COC1CN(C(C)N(C=O)C2C(C)(C)C(Oc3ccc(C#N)c(Cl)c3)C2(C)C)C1. The van der Waals surface area contributed by atoms with Gasteiger partial charge in [0.2, 0.25) is 6.41 Å². The van der Waals surface area contributed by atoms with Gasteiger partial charge >= 0.3 is 5.97 Å². The Labute approximate surface area is 206 Å². The minimum Gasteiger partial charge on any atom is -0.489 e. The third-order valence-corrected chi connectivity index (χ3v) is 7.39. The fraction of sp³-hybridized carbons (Fsp3) is 0.640. The van der Waals surface area contributed by atoms with E-state index in [0.717, 1.165) is 6.41 Å². The summed E-state index contributed by atoms with van der Waals surface area (Å²) in [6.07, 6.45) is 0.565. The highest BCUT2D eigenvalue weighted by molar-refractivity contribution is 6.31. The van der Waals surface area contributed by atoms with Gasteiger partial charge in [-0.05, 0) is 26.0 Å². The highest BCUT2D eigenvalue weighted by Crippen LogP contribution is 2.58. The number of esters is 1. The van der Waals surface area contributed by atoms with Crippen molar-refractivity contribution in [3.8, 4) is 11.8 Å². The van der Waals surface area contributed by atoms with Crippen molar-refractivity contribution in [2.45, 2.75) is 66.0 Å². The Morgan fingerprint density at radius 2 is 1.97 bits per heavy atom. The predicted octanol–water partition coefficient (Wildman–Crippen LogP) is 3.46. The first-order chi connectivity index (χ1) is 16.0. The van der Waals surface area contributed by atoms with E-state index in [0.29, 0.717) is 36.0 Å². The van der Waals surface area contributed by atoms with E-state index < -0.39 is 0 Å². The van der Waals surface area contributed by atoms with Crippen molar-refractivity contribution >= 4 is 24.0 Å². The van der Waals surface area contributed by atoms with Crippen LogP contribution in [-0.2, 0) is 19.1 Å². The summed E-state index contributed by atoms with van der Waals surface area (Å²) in [7, 11) is 0. The molecule has 0 radical (unpaired) electrons. The van der Waals surface area contributed by atoms with Crippen LogP contribution in [0.5, 0.6) is 5.75 Å². The molecule has 1 amide bonds. The van der Waals surface area contributed by atoms with Crippen LogP contribution in [0.15, 0.2) is 18.2 Å². The number of amides is 1. The molecule has 2 fully saturated rings. The molecule has 1 heterocycles. The minimum atomic E-state index is -0.365. The van der Waals surface area contributed by atoms with Crippen LogP contribution in [0.1, 0.15) is 47.1 Å². The third kappa shape index (κ3) is 4.88. The maximum atomic E-state index is 12.3. The average molecular weight is 492 g/mol. The number of hydrogen-bond donors (Lipinski definition) is 0. The first-order valence-electron chi connectivity index (χ1n) is 11.6. The molecule has 1 aromatic carbocycles. The Hall–Kier alpha value is -2.34. The highest BCUT2D eigenvalue weighted by atomic mass is 35.5. The summed E-state index contributed by atoms with van der Waals surface area (Å²) in [6.45, 7) is 13.7. The van der Waals surface area contributed by atoms with Gasteiger partial charge < -0.3 is 19.1 Å². The van der Waals surface area contributed by atoms with Crippen LogP contribution in [0.25, 0.3) is 0 Å². The second-order valence-electron chi connectivity index (χ2n) is 10.2. The number of rotatable bonds is 10. The molecule has 3 rings (SSSR count). The van der Waals surface area contributed by atoms with Crippen molar-refractivity contribution in [3.05, 3.63) is 28.8 Å². The van der Waals surface area contributed by atoms with Crippen LogP contribution in [-0.4, -0.2) is 72.9 Å². The Bertz CT molecular complexity index is 938. The molecule has 9 heteroatoms. The Morgan fingerprint density at radius 3 is 2.50 bits per heavy atom. The van der Waals surface area contributed by atoms with Crippen LogP contribution in [0.4, 0.5) is 0 Å². The van der Waals surface area contributed by atoms with E-state index in [9.17, 15) is 9.59 Å². The monoisotopic (exact) mass is 491 g/mol. The van der Waals surface area contributed by atoms with Gasteiger partial charge in [0.25, 0.3) is 0 Å².